The van der Waals surface area contributed by atoms with E-state index < -0.39 is 18.0 Å². The molecule has 55 heavy (non-hydrogen) atoms. The Labute approximate surface area is 333 Å². The number of carboxylic acids is 1. The molecule has 3 aromatic carbocycles. The molecule has 0 aliphatic carbocycles. The van der Waals surface area contributed by atoms with Crippen molar-refractivity contribution in [1.29, 1.82) is 0 Å². The van der Waals surface area contributed by atoms with Crippen LogP contribution in [-0.4, -0.2) is 71.2 Å². The van der Waals surface area contributed by atoms with Gasteiger partial charge < -0.3 is 36.2 Å². The van der Waals surface area contributed by atoms with Crippen LogP contribution in [0, 0.1) is 0 Å². The molecule has 4 aromatic rings. The van der Waals surface area contributed by atoms with Crippen LogP contribution in [0.1, 0.15) is 61.9 Å². The van der Waals surface area contributed by atoms with Crippen molar-refractivity contribution in [2.45, 2.75) is 51.6 Å². The van der Waals surface area contributed by atoms with E-state index in [2.05, 4.69) is 31.8 Å². The summed E-state index contributed by atoms with van der Waals surface area (Å²) in [6, 6.07) is 21.9. The van der Waals surface area contributed by atoms with E-state index in [1.807, 2.05) is 56.3 Å². The number of ether oxygens (including phenoxy) is 1. The fourth-order valence-electron chi connectivity index (χ4n) is 5.16. The molecule has 13 nitrogen and oxygen atoms in total. The number of benzene rings is 3. The quantitative estimate of drug-likeness (QED) is 0.0394. The maximum Gasteiger partial charge on any atom is 0.339 e. The number of rotatable bonds is 21. The Morgan fingerprint density at radius 2 is 1.71 bits per heavy atom. The Hall–Kier alpha value is -5.09. The van der Waals surface area contributed by atoms with Gasteiger partial charge >= 0.3 is 12.0 Å². The van der Waals surface area contributed by atoms with Gasteiger partial charge in [0.05, 0.1) is 16.6 Å². The predicted molar refractivity (Wildman–Crippen MR) is 217 cm³/mol. The first-order chi connectivity index (χ1) is 26.6. The highest BCUT2D eigenvalue weighted by Crippen LogP contribution is 2.23. The van der Waals surface area contributed by atoms with E-state index in [0.717, 1.165) is 16.0 Å². The molecule has 0 saturated heterocycles. The van der Waals surface area contributed by atoms with Gasteiger partial charge in [0.15, 0.2) is 6.61 Å². The summed E-state index contributed by atoms with van der Waals surface area (Å²) in [5.41, 5.74) is 5.65. The molecule has 0 aliphatic heterocycles. The van der Waals surface area contributed by atoms with Crippen LogP contribution < -0.4 is 31.4 Å². The molecule has 0 fully saturated rings. The Morgan fingerprint density at radius 3 is 2.44 bits per heavy atom. The molecule has 0 bridgehead atoms. The molecule has 7 N–H and O–H groups in total. The molecule has 0 aliphatic rings. The number of nitrogens with one attached hydrogen (secondary N) is 5. The third-order valence-corrected chi connectivity index (χ3v) is 10.5. The first kappa shape index (κ1) is 42.6. The number of hydrazone groups is 1. The van der Waals surface area contributed by atoms with Crippen LogP contribution in [0.4, 0.5) is 4.79 Å². The summed E-state index contributed by atoms with van der Waals surface area (Å²) in [4.78, 5) is 50.6. The molecular formula is C39H45ClN6O7S2. The molecule has 0 radical (unpaired) electrons. The van der Waals surface area contributed by atoms with Gasteiger partial charge in [-0.2, -0.15) is 16.9 Å². The van der Waals surface area contributed by atoms with Gasteiger partial charge in [-0.05, 0) is 78.9 Å². The summed E-state index contributed by atoms with van der Waals surface area (Å²) in [5.74, 6) is -0.367. The number of nitrogens with zero attached hydrogens (tertiary/aromatic N) is 1. The average molecular weight is 809 g/mol. The second-order valence-corrected chi connectivity index (χ2v) is 14.7. The van der Waals surface area contributed by atoms with E-state index in [-0.39, 0.29) is 29.7 Å². The van der Waals surface area contributed by atoms with E-state index in [1.165, 1.54) is 23.5 Å². The van der Waals surface area contributed by atoms with E-state index >= 15 is 0 Å². The molecule has 0 saturated carbocycles. The number of thioether (sulfide) groups is 1. The highest BCUT2D eigenvalue weighted by molar-refractivity contribution is 7.99. The van der Waals surface area contributed by atoms with Gasteiger partial charge in [0.25, 0.3) is 11.8 Å². The maximum atomic E-state index is 13.4. The van der Waals surface area contributed by atoms with Crippen LogP contribution in [0.3, 0.4) is 0 Å². The zero-order chi connectivity index (χ0) is 39.6. The standard InChI is InChI=1S/C39H45ClN6O7S2/c1-3-32(44-37(49)35-16-14-29(55-35)21-41-20-26-11-15-34(47)30(19-26)38(50)51)33(24-54-23-27-7-5-6-8-31(27)40)45-46-39(52)43-18-17-25-9-12-28(13-10-25)53-22-36(48)42-4-2/h5-16,19,32,41,47H,3-4,17-18,20-24H2,1-2H3,(H,42,48)(H,44,49)(H,50,51)(H2,43,46,52)/b45-33-/t32-/m0/s1. The molecule has 0 spiro atoms. The summed E-state index contributed by atoms with van der Waals surface area (Å²) in [6.07, 6.45) is 1.08. The van der Waals surface area contributed by atoms with Gasteiger partial charge in [-0.15, -0.1) is 11.3 Å². The van der Waals surface area contributed by atoms with Crippen molar-refractivity contribution in [3.8, 4) is 11.5 Å². The second kappa shape index (κ2) is 22.3. The number of likely N-dealkylation sites (N-methyl/N-ethyl adjacent to an activating group) is 1. The number of thiophene rings is 1. The van der Waals surface area contributed by atoms with Gasteiger partial charge in [0.1, 0.15) is 17.1 Å². The number of aromatic hydroxyl groups is 1. The number of hydrogen-bond donors (Lipinski definition) is 7. The Bertz CT molecular complexity index is 1940. The van der Waals surface area contributed by atoms with Gasteiger partial charge in [0.2, 0.25) is 0 Å². The number of carbonyl (C=O) groups is 4. The van der Waals surface area contributed by atoms with Gasteiger partial charge in [-0.25, -0.2) is 15.0 Å². The molecule has 4 amide bonds. The minimum atomic E-state index is -1.21. The molecule has 16 heteroatoms. The summed E-state index contributed by atoms with van der Waals surface area (Å²) in [6.45, 7) is 5.41. The average Bonchev–Trinajstić information content (AvgIpc) is 3.65. The smallest absolute Gasteiger partial charge is 0.339 e. The predicted octanol–water partition coefficient (Wildman–Crippen LogP) is 5.95. The summed E-state index contributed by atoms with van der Waals surface area (Å²) < 4.78 is 5.49. The number of halogens is 1. The van der Waals surface area contributed by atoms with Gasteiger partial charge in [-0.1, -0.05) is 54.9 Å². The number of hydrogen-bond acceptors (Lipinski definition) is 10. The maximum absolute atomic E-state index is 13.4. The van der Waals surface area contributed by atoms with Crippen molar-refractivity contribution in [2.24, 2.45) is 5.10 Å². The van der Waals surface area contributed by atoms with Crippen molar-refractivity contribution in [1.82, 2.24) is 26.7 Å². The van der Waals surface area contributed by atoms with Crippen LogP contribution in [0.5, 0.6) is 11.5 Å². The fourth-order valence-corrected chi connectivity index (χ4v) is 7.37. The Morgan fingerprint density at radius 1 is 0.945 bits per heavy atom. The van der Waals surface area contributed by atoms with Crippen LogP contribution in [0.15, 0.2) is 84.0 Å². The summed E-state index contributed by atoms with van der Waals surface area (Å²) in [5, 5.41) is 35.9. The third-order valence-electron chi connectivity index (χ3n) is 8.05. The molecule has 292 valence electrons. The molecule has 1 aromatic heterocycles. The fraction of sp³-hybridized carbons (Fsp3) is 0.308. The molecule has 1 heterocycles. The number of amides is 4. The molecular weight excluding hydrogens is 764 g/mol. The summed E-state index contributed by atoms with van der Waals surface area (Å²) >= 11 is 9.26. The molecule has 1 atom stereocenters. The van der Waals surface area contributed by atoms with Crippen molar-refractivity contribution in [2.75, 3.05) is 25.4 Å². The number of aromatic carboxylic acids is 1. The van der Waals surface area contributed by atoms with Crippen molar-refractivity contribution >= 4 is 64.2 Å². The lowest BCUT2D eigenvalue weighted by atomic mass is 10.1. The zero-order valence-corrected chi connectivity index (χ0v) is 32.9. The number of phenols is 1. The second-order valence-electron chi connectivity index (χ2n) is 12.2. The number of carbonyl (C=O) groups excluding carboxylic acids is 3. The minimum absolute atomic E-state index is 0.0600. The normalized spacial score (nSPS) is 11.7. The highest BCUT2D eigenvalue weighted by atomic mass is 35.5. The largest absolute Gasteiger partial charge is 0.507 e. The monoisotopic (exact) mass is 808 g/mol. The molecule has 4 rings (SSSR count). The first-order valence-electron chi connectivity index (χ1n) is 17.6. The van der Waals surface area contributed by atoms with Crippen LogP contribution in [0.2, 0.25) is 5.02 Å². The molecule has 0 unspecified atom stereocenters. The van der Waals surface area contributed by atoms with Crippen molar-refractivity contribution in [3.63, 3.8) is 0 Å². The van der Waals surface area contributed by atoms with E-state index in [1.54, 1.807) is 36.0 Å². The van der Waals surface area contributed by atoms with Gasteiger partial charge in [0, 0.05) is 47.6 Å². The Balaban J connectivity index is 1.32. The first-order valence-corrected chi connectivity index (χ1v) is 20.0. The topological polar surface area (TPSA) is 190 Å². The zero-order valence-electron chi connectivity index (χ0n) is 30.5. The van der Waals surface area contributed by atoms with Crippen molar-refractivity contribution < 1.29 is 34.1 Å². The summed E-state index contributed by atoms with van der Waals surface area (Å²) in [7, 11) is 0. The van der Waals surface area contributed by atoms with E-state index in [4.69, 9.17) is 16.3 Å². The van der Waals surface area contributed by atoms with Crippen LogP contribution in [-0.2, 0) is 30.1 Å². The van der Waals surface area contributed by atoms with Gasteiger partial charge in [-0.3, -0.25) is 9.59 Å². The lowest BCUT2D eigenvalue weighted by Crippen LogP contribution is -2.43. The minimum Gasteiger partial charge on any atom is -0.507 e. The van der Waals surface area contributed by atoms with Crippen LogP contribution >= 0.6 is 34.7 Å². The number of urea groups is 1. The van der Waals surface area contributed by atoms with Crippen molar-refractivity contribution in [3.05, 3.63) is 116 Å². The Kier molecular flexibility index (Phi) is 17.3. The number of carboxylic acid groups (broad SMARTS) is 1. The third kappa shape index (κ3) is 14.2. The van der Waals surface area contributed by atoms with E-state index in [0.29, 0.717) is 77.5 Å². The SMILES string of the molecule is CCNC(=O)COc1ccc(CCNC(=O)N/N=C(/CSCc2ccccc2Cl)[C@H](CC)NC(=O)c2ccc(CNCc3ccc(O)c(C(=O)O)c3)s2)cc1. The lowest BCUT2D eigenvalue weighted by Gasteiger charge is -2.19. The van der Waals surface area contributed by atoms with E-state index in [9.17, 15) is 29.4 Å². The highest BCUT2D eigenvalue weighted by Gasteiger charge is 2.20. The lowest BCUT2D eigenvalue weighted by molar-refractivity contribution is -0.122. The van der Waals surface area contributed by atoms with Crippen LogP contribution in [0.25, 0.3) is 0 Å².